The molecule has 0 N–H and O–H groups in total. The van der Waals surface area contributed by atoms with Crippen LogP contribution in [0.5, 0.6) is 17.2 Å². The molecule has 0 radical (unpaired) electrons. The number of ether oxygens (including phenoxy) is 3. The molecule has 1 heterocycles. The Labute approximate surface area is 152 Å². The number of amides is 1. The number of carbonyl (C=O) groups is 1. The summed E-state index contributed by atoms with van der Waals surface area (Å²) in [7, 11) is 3.21. The highest BCUT2D eigenvalue weighted by Crippen LogP contribution is 2.39. The average Bonchev–Trinajstić information content (AvgIpc) is 3.16. The second-order valence-electron chi connectivity index (χ2n) is 6.07. The number of nitrogens with zero attached hydrogens (tertiary/aromatic N) is 1. The molecule has 5 nitrogen and oxygen atoms in total. The second-order valence-corrected chi connectivity index (χ2v) is 6.07. The first-order valence-corrected chi connectivity index (χ1v) is 8.52. The molecule has 2 aromatic rings. The predicted octanol–water partition coefficient (Wildman–Crippen LogP) is 3.59. The van der Waals surface area contributed by atoms with Crippen LogP contribution in [0.3, 0.4) is 0 Å². The first kappa shape index (κ1) is 18.0. The fraction of sp³-hybridized carbons (Fsp3) is 0.350. The zero-order valence-corrected chi connectivity index (χ0v) is 14.9. The Morgan fingerprint density at radius 2 is 1.96 bits per heavy atom. The fourth-order valence-corrected chi connectivity index (χ4v) is 3.27. The highest BCUT2D eigenvalue weighted by atomic mass is 19.1. The van der Waals surface area contributed by atoms with Crippen molar-refractivity contribution >= 4 is 5.91 Å². The maximum atomic E-state index is 13.7. The Morgan fingerprint density at radius 3 is 2.69 bits per heavy atom. The van der Waals surface area contributed by atoms with Crippen LogP contribution in [0.15, 0.2) is 42.5 Å². The number of para-hydroxylation sites is 1. The SMILES string of the molecule is COc1ccc(OC)c(C2CCCN2C(=O)COc2ccccc2F)c1. The molecule has 1 fully saturated rings. The summed E-state index contributed by atoms with van der Waals surface area (Å²) in [4.78, 5) is 14.4. The maximum Gasteiger partial charge on any atom is 0.261 e. The third-order valence-electron chi connectivity index (χ3n) is 4.56. The van der Waals surface area contributed by atoms with Crippen molar-refractivity contribution in [1.82, 2.24) is 4.90 Å². The van der Waals surface area contributed by atoms with Crippen LogP contribution in [0.25, 0.3) is 0 Å². The first-order chi connectivity index (χ1) is 12.6. The Hall–Kier alpha value is -2.76. The average molecular weight is 359 g/mol. The number of likely N-dealkylation sites (tertiary alicyclic amines) is 1. The molecule has 1 aliphatic heterocycles. The number of methoxy groups -OCH3 is 2. The molecule has 1 amide bonds. The van der Waals surface area contributed by atoms with Crippen molar-refractivity contribution in [2.75, 3.05) is 27.4 Å². The molecule has 138 valence electrons. The van der Waals surface area contributed by atoms with E-state index in [-0.39, 0.29) is 24.3 Å². The van der Waals surface area contributed by atoms with E-state index in [0.717, 1.165) is 18.4 Å². The normalized spacial score (nSPS) is 16.4. The van der Waals surface area contributed by atoms with E-state index in [0.29, 0.717) is 18.0 Å². The van der Waals surface area contributed by atoms with Crippen LogP contribution in [0.2, 0.25) is 0 Å². The number of carbonyl (C=O) groups excluding carboxylic acids is 1. The van der Waals surface area contributed by atoms with Gasteiger partial charge >= 0.3 is 0 Å². The zero-order valence-electron chi connectivity index (χ0n) is 14.9. The number of hydrogen-bond acceptors (Lipinski definition) is 4. The molecular formula is C20H22FNO4. The van der Waals surface area contributed by atoms with E-state index in [4.69, 9.17) is 14.2 Å². The predicted molar refractivity (Wildman–Crippen MR) is 95.1 cm³/mol. The molecule has 6 heteroatoms. The molecule has 1 unspecified atom stereocenters. The van der Waals surface area contributed by atoms with Gasteiger partial charge in [-0.05, 0) is 43.2 Å². The molecule has 0 aliphatic carbocycles. The zero-order chi connectivity index (χ0) is 18.5. The topological polar surface area (TPSA) is 48.0 Å². The Kier molecular flexibility index (Phi) is 5.61. The van der Waals surface area contributed by atoms with Crippen molar-refractivity contribution in [1.29, 1.82) is 0 Å². The van der Waals surface area contributed by atoms with Crippen molar-refractivity contribution in [3.05, 3.63) is 53.8 Å². The van der Waals surface area contributed by atoms with Gasteiger partial charge in [0.25, 0.3) is 5.91 Å². The molecule has 0 bridgehead atoms. The summed E-state index contributed by atoms with van der Waals surface area (Å²) in [6, 6.07) is 11.5. The molecule has 3 rings (SSSR count). The van der Waals surface area contributed by atoms with Gasteiger partial charge in [-0.15, -0.1) is 0 Å². The summed E-state index contributed by atoms with van der Waals surface area (Å²) in [5.41, 5.74) is 0.906. The Bertz CT molecular complexity index is 780. The summed E-state index contributed by atoms with van der Waals surface area (Å²) in [5.74, 6) is 0.845. The van der Waals surface area contributed by atoms with E-state index in [9.17, 15) is 9.18 Å². The third kappa shape index (κ3) is 3.74. The molecule has 1 aliphatic rings. The van der Waals surface area contributed by atoms with Crippen LogP contribution in [0.1, 0.15) is 24.4 Å². The molecule has 1 atom stereocenters. The van der Waals surface area contributed by atoms with Gasteiger partial charge in [-0.3, -0.25) is 4.79 Å². The van der Waals surface area contributed by atoms with E-state index in [2.05, 4.69) is 0 Å². The number of hydrogen-bond donors (Lipinski definition) is 0. The quantitative estimate of drug-likeness (QED) is 0.791. The Balaban J connectivity index is 1.75. The molecule has 0 saturated carbocycles. The van der Waals surface area contributed by atoms with Crippen LogP contribution >= 0.6 is 0 Å². The van der Waals surface area contributed by atoms with E-state index in [1.807, 2.05) is 18.2 Å². The summed E-state index contributed by atoms with van der Waals surface area (Å²) in [6.45, 7) is 0.425. The van der Waals surface area contributed by atoms with Gasteiger partial charge in [0.05, 0.1) is 20.3 Å². The van der Waals surface area contributed by atoms with Gasteiger partial charge in [0.1, 0.15) is 11.5 Å². The highest BCUT2D eigenvalue weighted by molar-refractivity contribution is 5.78. The summed E-state index contributed by atoms with van der Waals surface area (Å²) in [5, 5.41) is 0. The van der Waals surface area contributed by atoms with E-state index < -0.39 is 5.82 Å². The van der Waals surface area contributed by atoms with Gasteiger partial charge in [-0.2, -0.15) is 0 Å². The number of rotatable bonds is 6. The van der Waals surface area contributed by atoms with Gasteiger partial charge in [-0.25, -0.2) is 4.39 Å². The van der Waals surface area contributed by atoms with E-state index in [1.54, 1.807) is 31.3 Å². The summed E-state index contributed by atoms with van der Waals surface area (Å²) < 4.78 is 29.8. The number of benzene rings is 2. The van der Waals surface area contributed by atoms with Crippen LogP contribution in [0.4, 0.5) is 4.39 Å². The van der Waals surface area contributed by atoms with Crippen molar-refractivity contribution in [2.24, 2.45) is 0 Å². The van der Waals surface area contributed by atoms with Crippen LogP contribution in [-0.4, -0.2) is 38.2 Å². The lowest BCUT2D eigenvalue weighted by Crippen LogP contribution is -2.34. The molecule has 26 heavy (non-hydrogen) atoms. The van der Waals surface area contributed by atoms with E-state index >= 15 is 0 Å². The van der Waals surface area contributed by atoms with Crippen LogP contribution in [0, 0.1) is 5.82 Å². The Morgan fingerprint density at radius 1 is 1.15 bits per heavy atom. The molecule has 0 spiro atoms. The molecule has 1 saturated heterocycles. The minimum atomic E-state index is -0.479. The fourth-order valence-electron chi connectivity index (χ4n) is 3.27. The van der Waals surface area contributed by atoms with Gasteiger partial charge in [0.15, 0.2) is 18.2 Å². The van der Waals surface area contributed by atoms with Crippen molar-refractivity contribution in [3.63, 3.8) is 0 Å². The van der Waals surface area contributed by atoms with Gasteiger partial charge in [0.2, 0.25) is 0 Å². The molecule has 0 aromatic heterocycles. The summed E-state index contributed by atoms with van der Waals surface area (Å²) >= 11 is 0. The van der Waals surface area contributed by atoms with Crippen molar-refractivity contribution < 1.29 is 23.4 Å². The van der Waals surface area contributed by atoms with Crippen molar-refractivity contribution in [2.45, 2.75) is 18.9 Å². The maximum absolute atomic E-state index is 13.7. The smallest absolute Gasteiger partial charge is 0.261 e. The van der Waals surface area contributed by atoms with Crippen LogP contribution < -0.4 is 14.2 Å². The van der Waals surface area contributed by atoms with Gasteiger partial charge < -0.3 is 19.1 Å². The summed E-state index contributed by atoms with van der Waals surface area (Å²) in [6.07, 6.45) is 1.71. The third-order valence-corrected chi connectivity index (χ3v) is 4.56. The van der Waals surface area contributed by atoms with Gasteiger partial charge in [0, 0.05) is 12.1 Å². The van der Waals surface area contributed by atoms with Gasteiger partial charge in [-0.1, -0.05) is 12.1 Å². The minimum absolute atomic E-state index is 0.0792. The lowest BCUT2D eigenvalue weighted by molar-refractivity contribution is -0.134. The minimum Gasteiger partial charge on any atom is -0.497 e. The number of halogens is 1. The lowest BCUT2D eigenvalue weighted by atomic mass is 10.0. The largest absolute Gasteiger partial charge is 0.497 e. The lowest BCUT2D eigenvalue weighted by Gasteiger charge is -2.26. The molecule has 2 aromatic carbocycles. The van der Waals surface area contributed by atoms with E-state index in [1.165, 1.54) is 12.1 Å². The first-order valence-electron chi connectivity index (χ1n) is 8.52. The highest BCUT2D eigenvalue weighted by Gasteiger charge is 2.32. The second kappa shape index (κ2) is 8.08. The van der Waals surface area contributed by atoms with Crippen molar-refractivity contribution in [3.8, 4) is 17.2 Å². The monoisotopic (exact) mass is 359 g/mol. The standard InChI is InChI=1S/C20H22FNO4/c1-24-14-9-10-18(25-2)15(12-14)17-7-5-11-22(17)20(23)13-26-19-8-4-3-6-16(19)21/h3-4,6,8-10,12,17H,5,7,11,13H2,1-2H3. The molecular weight excluding hydrogens is 337 g/mol. The van der Waals surface area contributed by atoms with Crippen LogP contribution in [-0.2, 0) is 4.79 Å².